The first-order chi connectivity index (χ1) is 19.1. The summed E-state index contributed by atoms with van der Waals surface area (Å²) < 4.78 is 0. The number of carbonyl (C=O) groups is 1. The summed E-state index contributed by atoms with van der Waals surface area (Å²) in [6.45, 7) is 13.3. The lowest BCUT2D eigenvalue weighted by Gasteiger charge is -2.62. The minimum atomic E-state index is -0.802. The number of fused-ring (bicyclic) bond motifs is 5. The van der Waals surface area contributed by atoms with Crippen LogP contribution in [0.2, 0.25) is 0 Å². The van der Waals surface area contributed by atoms with Crippen LogP contribution in [0.4, 0.5) is 0 Å². The first kappa shape index (κ1) is 32.0. The number of hydrogen-bond donors (Lipinski definition) is 5. The van der Waals surface area contributed by atoms with Crippen molar-refractivity contribution in [1.82, 2.24) is 10.6 Å². The SMILES string of the molecule is C/C(=C\CC[C@@H](C)[C@H]1CCC2C3C(CC[C@@]21C)[C@@]1(C)CC[C@H](NCCCNCCCCN)C[C@@H]1C[C@H]3O)C(=O)O. The molecule has 40 heavy (non-hydrogen) atoms. The lowest BCUT2D eigenvalue weighted by Crippen LogP contribution is -2.59. The van der Waals surface area contributed by atoms with Gasteiger partial charge in [-0.1, -0.05) is 26.8 Å². The number of nitrogens with one attached hydrogen (secondary N) is 2. The molecule has 4 aliphatic rings. The van der Waals surface area contributed by atoms with E-state index < -0.39 is 5.97 Å². The third-order valence-electron chi connectivity index (χ3n) is 12.6. The summed E-state index contributed by atoms with van der Waals surface area (Å²) in [5.74, 6) is 2.87. The second-order valence-corrected chi connectivity index (χ2v) is 14.8. The molecular weight excluding hydrogens is 498 g/mol. The zero-order valence-corrected chi connectivity index (χ0v) is 26.1. The summed E-state index contributed by atoms with van der Waals surface area (Å²) in [5, 5.41) is 28.3. The molecule has 6 heteroatoms. The van der Waals surface area contributed by atoms with Gasteiger partial charge in [-0.05, 0) is 163 Å². The second-order valence-electron chi connectivity index (χ2n) is 14.8. The maximum atomic E-state index is 11.7. The van der Waals surface area contributed by atoms with Gasteiger partial charge in [0.15, 0.2) is 0 Å². The van der Waals surface area contributed by atoms with Crippen LogP contribution in [-0.4, -0.2) is 54.5 Å². The van der Waals surface area contributed by atoms with E-state index in [-0.39, 0.29) is 6.10 Å². The van der Waals surface area contributed by atoms with E-state index in [1.54, 1.807) is 6.92 Å². The zero-order valence-electron chi connectivity index (χ0n) is 26.1. The number of aliphatic carboxylic acids is 1. The van der Waals surface area contributed by atoms with Crippen molar-refractivity contribution >= 4 is 5.97 Å². The van der Waals surface area contributed by atoms with E-state index in [0.29, 0.717) is 58.0 Å². The Morgan fingerprint density at radius 3 is 2.48 bits per heavy atom. The van der Waals surface area contributed by atoms with Crippen LogP contribution in [0.1, 0.15) is 111 Å². The number of unbranched alkanes of at least 4 members (excludes halogenated alkanes) is 1. The molecule has 0 aromatic heterocycles. The summed E-state index contributed by atoms with van der Waals surface area (Å²) >= 11 is 0. The molecule has 4 fully saturated rings. The van der Waals surface area contributed by atoms with Crippen LogP contribution in [0.25, 0.3) is 0 Å². The lowest BCUT2D eigenvalue weighted by atomic mass is 9.43. The molecule has 4 saturated carbocycles. The predicted molar refractivity (Wildman–Crippen MR) is 164 cm³/mol. The highest BCUT2D eigenvalue weighted by Crippen LogP contribution is 2.68. The summed E-state index contributed by atoms with van der Waals surface area (Å²) in [7, 11) is 0. The van der Waals surface area contributed by atoms with E-state index in [0.717, 1.165) is 51.9 Å². The number of hydrogen-bond acceptors (Lipinski definition) is 5. The first-order valence-corrected chi connectivity index (χ1v) is 16.8. The number of carboxylic acid groups (broad SMARTS) is 1. The van der Waals surface area contributed by atoms with Crippen LogP contribution in [0, 0.1) is 46.3 Å². The number of allylic oxidation sites excluding steroid dienone is 1. The highest BCUT2D eigenvalue weighted by atomic mass is 16.4. The molecule has 0 aliphatic heterocycles. The van der Waals surface area contributed by atoms with Crippen molar-refractivity contribution in [3.8, 4) is 0 Å². The van der Waals surface area contributed by atoms with Crippen LogP contribution in [-0.2, 0) is 4.79 Å². The number of nitrogens with two attached hydrogens (primary N) is 1. The van der Waals surface area contributed by atoms with Gasteiger partial charge >= 0.3 is 5.97 Å². The van der Waals surface area contributed by atoms with Crippen molar-refractivity contribution in [2.24, 2.45) is 52.1 Å². The molecule has 4 rings (SSSR count). The van der Waals surface area contributed by atoms with E-state index in [1.807, 2.05) is 6.08 Å². The molecule has 230 valence electrons. The quantitative estimate of drug-likeness (QED) is 0.137. The highest BCUT2D eigenvalue weighted by molar-refractivity contribution is 5.85. The number of aliphatic hydroxyl groups excluding tert-OH is 1. The molecule has 6 N–H and O–H groups in total. The standard InChI is InChI=1S/C34H61N3O3/c1-23(9-7-10-24(2)32(39)40)27-11-12-28-31-29(14-16-34(27,28)4)33(3)15-13-26(21-25(33)22-30(31)38)37-20-8-19-36-18-6-5-17-35/h10,23,25-31,36-38H,5-9,11-22,35H2,1-4H3,(H,39,40)/b24-10+/t23-,25-,26+,27-,28?,29?,30-,31?,33+,34-/m1/s1. The van der Waals surface area contributed by atoms with Crippen LogP contribution in [0.5, 0.6) is 0 Å². The molecule has 0 spiro atoms. The molecule has 0 saturated heterocycles. The fourth-order valence-electron chi connectivity index (χ4n) is 10.3. The largest absolute Gasteiger partial charge is 0.478 e. The van der Waals surface area contributed by atoms with Crippen molar-refractivity contribution < 1.29 is 15.0 Å². The Morgan fingerprint density at radius 2 is 1.73 bits per heavy atom. The van der Waals surface area contributed by atoms with Crippen LogP contribution >= 0.6 is 0 Å². The molecule has 0 radical (unpaired) electrons. The van der Waals surface area contributed by atoms with Crippen LogP contribution < -0.4 is 16.4 Å². The smallest absolute Gasteiger partial charge is 0.330 e. The molecule has 10 atom stereocenters. The Morgan fingerprint density at radius 1 is 1.00 bits per heavy atom. The van der Waals surface area contributed by atoms with Gasteiger partial charge in [0, 0.05) is 11.6 Å². The van der Waals surface area contributed by atoms with Gasteiger partial charge in [-0.15, -0.1) is 0 Å². The normalized spacial score (nSPS) is 40.2. The maximum absolute atomic E-state index is 11.7. The Kier molecular flexibility index (Phi) is 11.2. The Bertz CT molecular complexity index is 863. The van der Waals surface area contributed by atoms with E-state index in [2.05, 4.69) is 31.4 Å². The topological polar surface area (TPSA) is 108 Å². The van der Waals surface area contributed by atoms with Gasteiger partial charge in [-0.3, -0.25) is 0 Å². The fourth-order valence-corrected chi connectivity index (χ4v) is 10.3. The van der Waals surface area contributed by atoms with Crippen molar-refractivity contribution in [3.05, 3.63) is 11.6 Å². The molecular formula is C34H61N3O3. The average Bonchev–Trinajstić information content (AvgIpc) is 3.27. The molecule has 4 aliphatic carbocycles. The minimum Gasteiger partial charge on any atom is -0.478 e. The van der Waals surface area contributed by atoms with Crippen molar-refractivity contribution in [1.29, 1.82) is 0 Å². The van der Waals surface area contributed by atoms with Crippen LogP contribution in [0.3, 0.4) is 0 Å². The van der Waals surface area contributed by atoms with E-state index in [9.17, 15) is 15.0 Å². The number of aliphatic hydroxyl groups is 1. The first-order valence-electron chi connectivity index (χ1n) is 16.8. The number of rotatable bonds is 14. The Labute approximate surface area is 244 Å². The second kappa shape index (κ2) is 14.0. The van der Waals surface area contributed by atoms with Gasteiger partial charge in [0.2, 0.25) is 0 Å². The van der Waals surface area contributed by atoms with Crippen molar-refractivity contribution in [2.45, 2.75) is 123 Å². The maximum Gasteiger partial charge on any atom is 0.330 e. The third-order valence-corrected chi connectivity index (χ3v) is 12.6. The minimum absolute atomic E-state index is 0.153. The Balaban J connectivity index is 1.31. The summed E-state index contributed by atoms with van der Waals surface area (Å²) in [6, 6.07) is 0.600. The summed E-state index contributed by atoms with van der Waals surface area (Å²) in [6.07, 6.45) is 17.0. The highest BCUT2D eigenvalue weighted by Gasteiger charge is 2.62. The van der Waals surface area contributed by atoms with Gasteiger partial charge < -0.3 is 26.6 Å². The predicted octanol–water partition coefficient (Wildman–Crippen LogP) is 5.74. The van der Waals surface area contributed by atoms with E-state index in [4.69, 9.17) is 5.73 Å². The Hall–Kier alpha value is -0.950. The monoisotopic (exact) mass is 559 g/mol. The lowest BCUT2D eigenvalue weighted by molar-refractivity contribution is -0.167. The van der Waals surface area contributed by atoms with Crippen molar-refractivity contribution in [3.63, 3.8) is 0 Å². The van der Waals surface area contributed by atoms with Gasteiger partial charge in [0.05, 0.1) is 6.10 Å². The average molecular weight is 560 g/mol. The molecule has 3 unspecified atom stereocenters. The molecule has 0 bridgehead atoms. The number of carboxylic acids is 1. The molecule has 0 aromatic carbocycles. The van der Waals surface area contributed by atoms with E-state index >= 15 is 0 Å². The van der Waals surface area contributed by atoms with Gasteiger partial charge in [-0.2, -0.15) is 0 Å². The van der Waals surface area contributed by atoms with Gasteiger partial charge in [-0.25, -0.2) is 4.79 Å². The van der Waals surface area contributed by atoms with Gasteiger partial charge in [0.1, 0.15) is 0 Å². The van der Waals surface area contributed by atoms with Crippen LogP contribution in [0.15, 0.2) is 11.6 Å². The molecule has 6 nitrogen and oxygen atoms in total. The molecule has 0 amide bonds. The fraction of sp³-hybridized carbons (Fsp3) is 0.912. The summed E-state index contributed by atoms with van der Waals surface area (Å²) in [5.41, 5.74) is 6.73. The van der Waals surface area contributed by atoms with Crippen molar-refractivity contribution in [2.75, 3.05) is 26.2 Å². The summed E-state index contributed by atoms with van der Waals surface area (Å²) in [4.78, 5) is 11.2. The molecule has 0 aromatic rings. The van der Waals surface area contributed by atoms with Gasteiger partial charge in [0.25, 0.3) is 0 Å². The van der Waals surface area contributed by atoms with E-state index in [1.165, 1.54) is 57.8 Å². The molecule has 0 heterocycles. The zero-order chi connectivity index (χ0) is 28.9. The third kappa shape index (κ3) is 6.82.